The third-order valence-corrected chi connectivity index (χ3v) is 6.29. The van der Waals surface area contributed by atoms with Crippen molar-refractivity contribution in [1.29, 1.82) is 0 Å². The Morgan fingerprint density at radius 2 is 1.76 bits per heavy atom. The summed E-state index contributed by atoms with van der Waals surface area (Å²) in [6.45, 7) is 10.5. The van der Waals surface area contributed by atoms with Gasteiger partial charge in [-0.25, -0.2) is 0 Å². The van der Waals surface area contributed by atoms with E-state index in [2.05, 4.69) is 23.6 Å². The van der Waals surface area contributed by atoms with Gasteiger partial charge in [0.2, 0.25) is 0 Å². The van der Waals surface area contributed by atoms with Gasteiger partial charge in [0.05, 0.1) is 18.6 Å². The van der Waals surface area contributed by atoms with Gasteiger partial charge in [-0.3, -0.25) is 14.6 Å². The lowest BCUT2D eigenvalue weighted by Gasteiger charge is -2.44. The fourth-order valence-corrected chi connectivity index (χ4v) is 4.72. The molecule has 0 spiro atoms. The van der Waals surface area contributed by atoms with E-state index in [0.717, 1.165) is 45.3 Å². The van der Waals surface area contributed by atoms with Crippen molar-refractivity contribution in [3.63, 3.8) is 0 Å². The van der Waals surface area contributed by atoms with E-state index in [1.165, 1.54) is 25.7 Å². The van der Waals surface area contributed by atoms with Crippen LogP contribution in [0.3, 0.4) is 0 Å². The molecule has 2 saturated heterocycles. The molecular weight excluding hydrogens is 316 g/mol. The smallest absolute Gasteiger partial charge is 0.308 e. The van der Waals surface area contributed by atoms with Crippen molar-refractivity contribution < 1.29 is 14.3 Å². The molecular formula is C20H36N2O3. The molecule has 0 amide bonds. The Morgan fingerprint density at radius 1 is 1.08 bits per heavy atom. The number of likely N-dealkylation sites (tertiary alicyclic amines) is 2. The molecule has 144 valence electrons. The fourth-order valence-electron chi connectivity index (χ4n) is 4.72. The maximum absolute atomic E-state index is 12.0. The van der Waals surface area contributed by atoms with Crippen molar-refractivity contribution in [2.24, 2.45) is 5.92 Å². The topological polar surface area (TPSA) is 42.0 Å². The fraction of sp³-hybridized carbons (Fsp3) is 0.950. The number of hydrogen-bond donors (Lipinski definition) is 0. The highest BCUT2D eigenvalue weighted by Crippen LogP contribution is 2.35. The molecule has 3 rings (SSSR count). The molecule has 1 atom stereocenters. The molecule has 0 radical (unpaired) electrons. The molecule has 1 aliphatic carbocycles. The first kappa shape index (κ1) is 19.1. The van der Waals surface area contributed by atoms with Crippen LogP contribution in [0.2, 0.25) is 0 Å². The highest BCUT2D eigenvalue weighted by Gasteiger charge is 2.42. The predicted octanol–water partition coefficient (Wildman–Crippen LogP) is 3.38. The highest BCUT2D eigenvalue weighted by molar-refractivity contribution is 5.72. The second-order valence-electron chi connectivity index (χ2n) is 8.54. The monoisotopic (exact) mass is 352 g/mol. The second-order valence-corrected chi connectivity index (χ2v) is 8.54. The van der Waals surface area contributed by atoms with Crippen molar-refractivity contribution in [3.8, 4) is 0 Å². The minimum atomic E-state index is -0.0160. The first-order chi connectivity index (χ1) is 12.0. The van der Waals surface area contributed by atoms with Crippen LogP contribution in [0.5, 0.6) is 0 Å². The Bertz CT molecular complexity index is 440. The number of nitrogens with zero attached hydrogens (tertiary/aromatic N) is 2. The SMILES string of the molecule is CCOC(=O)C1CCC(OC(N2CCCC2)N2CCCC2(C)C)CC1. The summed E-state index contributed by atoms with van der Waals surface area (Å²) in [5, 5.41) is 0. The standard InChI is InChI=1S/C20H36N2O3/c1-4-24-18(23)16-8-10-17(11-9-16)25-19(21-13-5-6-14-21)22-15-7-12-20(22,2)3/h16-17,19H,4-15H2,1-3H3. The van der Waals surface area contributed by atoms with Crippen molar-refractivity contribution in [2.75, 3.05) is 26.2 Å². The lowest BCUT2D eigenvalue weighted by atomic mass is 9.87. The Hall–Kier alpha value is -0.650. The number of ether oxygens (including phenoxy) is 2. The average Bonchev–Trinajstić information content (AvgIpc) is 3.23. The lowest BCUT2D eigenvalue weighted by molar-refractivity contribution is -0.198. The minimum absolute atomic E-state index is 0.0160. The van der Waals surface area contributed by atoms with Gasteiger partial charge >= 0.3 is 5.97 Å². The summed E-state index contributed by atoms with van der Waals surface area (Å²) in [4.78, 5) is 17.1. The molecule has 0 bridgehead atoms. The molecule has 2 aliphatic heterocycles. The normalized spacial score (nSPS) is 32.0. The summed E-state index contributed by atoms with van der Waals surface area (Å²) in [6.07, 6.45) is 9.21. The van der Waals surface area contributed by atoms with Gasteiger partial charge in [0.15, 0.2) is 6.35 Å². The van der Waals surface area contributed by atoms with Gasteiger partial charge in [-0.05, 0) is 72.1 Å². The molecule has 3 aliphatic rings. The van der Waals surface area contributed by atoms with Gasteiger partial charge in [0.25, 0.3) is 0 Å². The van der Waals surface area contributed by atoms with Gasteiger partial charge in [0.1, 0.15) is 0 Å². The van der Waals surface area contributed by atoms with E-state index in [-0.39, 0.29) is 29.9 Å². The quantitative estimate of drug-likeness (QED) is 0.686. The zero-order valence-corrected chi connectivity index (χ0v) is 16.3. The molecule has 5 heteroatoms. The van der Waals surface area contributed by atoms with E-state index in [0.29, 0.717) is 6.61 Å². The summed E-state index contributed by atoms with van der Waals surface area (Å²) in [5.41, 5.74) is 0.218. The van der Waals surface area contributed by atoms with Gasteiger partial charge in [-0.15, -0.1) is 0 Å². The van der Waals surface area contributed by atoms with Crippen LogP contribution in [0.4, 0.5) is 0 Å². The molecule has 3 fully saturated rings. The Morgan fingerprint density at radius 3 is 2.32 bits per heavy atom. The first-order valence-corrected chi connectivity index (χ1v) is 10.3. The first-order valence-electron chi connectivity index (χ1n) is 10.3. The van der Waals surface area contributed by atoms with Gasteiger partial charge in [-0.2, -0.15) is 0 Å². The van der Waals surface area contributed by atoms with Crippen LogP contribution in [0.15, 0.2) is 0 Å². The molecule has 1 unspecified atom stereocenters. The van der Waals surface area contributed by atoms with E-state index in [9.17, 15) is 4.79 Å². The van der Waals surface area contributed by atoms with Crippen LogP contribution in [-0.2, 0) is 14.3 Å². The summed E-state index contributed by atoms with van der Waals surface area (Å²) >= 11 is 0. The zero-order chi connectivity index (χ0) is 17.9. The van der Waals surface area contributed by atoms with E-state index in [1.807, 2.05) is 6.92 Å². The second kappa shape index (κ2) is 8.36. The number of esters is 1. The molecule has 2 heterocycles. The van der Waals surface area contributed by atoms with E-state index >= 15 is 0 Å². The largest absolute Gasteiger partial charge is 0.466 e. The van der Waals surface area contributed by atoms with Gasteiger partial charge in [0, 0.05) is 25.2 Å². The van der Waals surface area contributed by atoms with E-state index in [1.54, 1.807) is 0 Å². The molecule has 1 saturated carbocycles. The third kappa shape index (κ3) is 4.55. The summed E-state index contributed by atoms with van der Waals surface area (Å²) in [5.74, 6) is 0.0611. The molecule has 0 N–H and O–H groups in total. The molecule has 0 aromatic heterocycles. The van der Waals surface area contributed by atoms with Crippen molar-refractivity contribution >= 4 is 5.97 Å². The van der Waals surface area contributed by atoms with Crippen LogP contribution < -0.4 is 0 Å². The highest BCUT2D eigenvalue weighted by atomic mass is 16.5. The van der Waals surface area contributed by atoms with Gasteiger partial charge in [-0.1, -0.05) is 0 Å². The van der Waals surface area contributed by atoms with Crippen LogP contribution in [0.25, 0.3) is 0 Å². The lowest BCUT2D eigenvalue weighted by Crippen LogP contribution is -2.55. The predicted molar refractivity (Wildman–Crippen MR) is 98.1 cm³/mol. The van der Waals surface area contributed by atoms with Crippen LogP contribution in [0.1, 0.15) is 72.1 Å². The van der Waals surface area contributed by atoms with Gasteiger partial charge < -0.3 is 9.47 Å². The van der Waals surface area contributed by atoms with Crippen molar-refractivity contribution in [2.45, 2.75) is 90.1 Å². The van der Waals surface area contributed by atoms with E-state index < -0.39 is 0 Å². The Balaban J connectivity index is 1.59. The van der Waals surface area contributed by atoms with Crippen molar-refractivity contribution in [3.05, 3.63) is 0 Å². The van der Waals surface area contributed by atoms with Crippen molar-refractivity contribution in [1.82, 2.24) is 9.80 Å². The maximum Gasteiger partial charge on any atom is 0.308 e. The average molecular weight is 353 g/mol. The number of rotatable bonds is 6. The summed E-state index contributed by atoms with van der Waals surface area (Å²) in [7, 11) is 0. The minimum Gasteiger partial charge on any atom is -0.466 e. The van der Waals surface area contributed by atoms with E-state index in [4.69, 9.17) is 9.47 Å². The van der Waals surface area contributed by atoms with Crippen LogP contribution >= 0.6 is 0 Å². The number of carbonyl (C=O) groups excluding carboxylic acids is 1. The maximum atomic E-state index is 12.0. The molecule has 25 heavy (non-hydrogen) atoms. The Labute approximate surface area is 153 Å². The van der Waals surface area contributed by atoms with Crippen LogP contribution in [-0.4, -0.2) is 60.0 Å². The Kier molecular flexibility index (Phi) is 6.39. The summed E-state index contributed by atoms with van der Waals surface area (Å²) in [6, 6.07) is 0. The zero-order valence-electron chi connectivity index (χ0n) is 16.3. The molecule has 5 nitrogen and oxygen atoms in total. The van der Waals surface area contributed by atoms with Crippen LogP contribution in [0, 0.1) is 5.92 Å². The summed E-state index contributed by atoms with van der Waals surface area (Å²) < 4.78 is 11.9. The third-order valence-electron chi connectivity index (χ3n) is 6.29. The molecule has 0 aromatic carbocycles. The molecule has 0 aromatic rings. The number of hydrogen-bond acceptors (Lipinski definition) is 5. The number of carbonyl (C=O) groups is 1.